The van der Waals surface area contributed by atoms with Crippen LogP contribution in [0.3, 0.4) is 0 Å². The number of aryl methyl sites for hydroxylation is 2. The van der Waals surface area contributed by atoms with Crippen LogP contribution in [0.4, 0.5) is 5.82 Å². The van der Waals surface area contributed by atoms with Crippen LogP contribution in [0.5, 0.6) is 0 Å². The molecule has 0 aliphatic heterocycles. The first-order chi connectivity index (χ1) is 8.72. The molecule has 2 unspecified atom stereocenters. The second kappa shape index (κ2) is 6.17. The molecule has 100 valence electrons. The molecule has 1 N–H and O–H groups in total. The van der Waals surface area contributed by atoms with E-state index >= 15 is 0 Å². The number of hydrogen-bond donors (Lipinski definition) is 1. The fourth-order valence-corrected chi connectivity index (χ4v) is 2.96. The van der Waals surface area contributed by atoms with Gasteiger partial charge in [-0.15, -0.1) is 0 Å². The zero-order valence-electron chi connectivity index (χ0n) is 11.9. The Morgan fingerprint density at radius 3 is 2.72 bits per heavy atom. The van der Waals surface area contributed by atoms with Crippen molar-refractivity contribution in [1.82, 2.24) is 9.97 Å². The highest BCUT2D eigenvalue weighted by atomic mass is 15.1. The van der Waals surface area contributed by atoms with Crippen LogP contribution in [-0.2, 0) is 6.42 Å². The monoisotopic (exact) mass is 247 g/mol. The predicted octanol–water partition coefficient (Wildman–Crippen LogP) is 3.73. The number of rotatable bonds is 4. The summed E-state index contributed by atoms with van der Waals surface area (Å²) in [6.07, 6.45) is 7.61. The van der Waals surface area contributed by atoms with Crippen LogP contribution in [0.15, 0.2) is 6.07 Å². The van der Waals surface area contributed by atoms with E-state index in [0.717, 1.165) is 29.7 Å². The minimum absolute atomic E-state index is 0.600. The second-order valence-electron chi connectivity index (χ2n) is 5.35. The van der Waals surface area contributed by atoms with Crippen LogP contribution in [0, 0.1) is 12.8 Å². The van der Waals surface area contributed by atoms with E-state index in [4.69, 9.17) is 0 Å². The summed E-state index contributed by atoms with van der Waals surface area (Å²) in [7, 11) is 0. The maximum atomic E-state index is 4.52. The molecule has 0 radical (unpaired) electrons. The van der Waals surface area contributed by atoms with E-state index in [1.807, 2.05) is 6.92 Å². The first-order valence-corrected chi connectivity index (χ1v) is 7.34. The molecule has 1 aromatic rings. The van der Waals surface area contributed by atoms with E-state index in [0.29, 0.717) is 6.04 Å². The van der Waals surface area contributed by atoms with Gasteiger partial charge in [-0.25, -0.2) is 9.97 Å². The van der Waals surface area contributed by atoms with Crippen molar-refractivity contribution in [3.8, 4) is 0 Å². The molecule has 2 atom stereocenters. The summed E-state index contributed by atoms with van der Waals surface area (Å²) in [5, 5.41) is 3.65. The lowest BCUT2D eigenvalue weighted by atomic mass is 9.83. The Labute approximate surface area is 110 Å². The summed E-state index contributed by atoms with van der Waals surface area (Å²) in [5.74, 6) is 2.70. The molecule has 0 aromatic carbocycles. The van der Waals surface area contributed by atoms with Crippen LogP contribution in [0.25, 0.3) is 0 Å². The van der Waals surface area contributed by atoms with Crippen molar-refractivity contribution in [2.75, 3.05) is 5.32 Å². The van der Waals surface area contributed by atoms with E-state index in [2.05, 4.69) is 35.2 Å². The van der Waals surface area contributed by atoms with Gasteiger partial charge < -0.3 is 5.32 Å². The largest absolute Gasteiger partial charge is 0.367 e. The number of anilines is 1. The second-order valence-corrected chi connectivity index (χ2v) is 5.35. The molecule has 0 amide bonds. The number of hydrogen-bond acceptors (Lipinski definition) is 3. The van der Waals surface area contributed by atoms with Crippen molar-refractivity contribution in [3.05, 3.63) is 17.6 Å². The molecule has 1 fully saturated rings. The smallest absolute Gasteiger partial charge is 0.130 e. The van der Waals surface area contributed by atoms with Crippen LogP contribution >= 0.6 is 0 Å². The summed E-state index contributed by atoms with van der Waals surface area (Å²) >= 11 is 0. The van der Waals surface area contributed by atoms with Gasteiger partial charge in [0.25, 0.3) is 0 Å². The molecule has 1 heterocycles. The first-order valence-electron chi connectivity index (χ1n) is 7.34. The van der Waals surface area contributed by atoms with E-state index in [1.54, 1.807) is 0 Å². The molecular weight excluding hydrogens is 222 g/mol. The van der Waals surface area contributed by atoms with Gasteiger partial charge >= 0.3 is 0 Å². The maximum Gasteiger partial charge on any atom is 0.130 e. The van der Waals surface area contributed by atoms with Gasteiger partial charge in [0.2, 0.25) is 0 Å². The summed E-state index contributed by atoms with van der Waals surface area (Å²) in [4.78, 5) is 8.96. The highest BCUT2D eigenvalue weighted by molar-refractivity contribution is 5.37. The molecule has 1 aliphatic carbocycles. The molecule has 0 saturated heterocycles. The van der Waals surface area contributed by atoms with Crippen LogP contribution in [-0.4, -0.2) is 16.0 Å². The van der Waals surface area contributed by atoms with Crippen molar-refractivity contribution >= 4 is 5.82 Å². The van der Waals surface area contributed by atoms with E-state index in [-0.39, 0.29) is 0 Å². The topological polar surface area (TPSA) is 37.8 Å². The predicted molar refractivity (Wildman–Crippen MR) is 75.8 cm³/mol. The number of nitrogens with zero attached hydrogens (tertiary/aromatic N) is 2. The fourth-order valence-electron chi connectivity index (χ4n) is 2.96. The molecule has 0 spiro atoms. The van der Waals surface area contributed by atoms with E-state index in [1.165, 1.54) is 32.1 Å². The van der Waals surface area contributed by atoms with E-state index in [9.17, 15) is 0 Å². The summed E-state index contributed by atoms with van der Waals surface area (Å²) in [6, 6.07) is 2.71. The zero-order valence-corrected chi connectivity index (χ0v) is 11.9. The molecule has 3 heteroatoms. The summed E-state index contributed by atoms with van der Waals surface area (Å²) < 4.78 is 0. The van der Waals surface area contributed by atoms with Gasteiger partial charge in [0.05, 0.1) is 0 Å². The Morgan fingerprint density at radius 2 is 2.00 bits per heavy atom. The molecule has 18 heavy (non-hydrogen) atoms. The highest BCUT2D eigenvalue weighted by Crippen LogP contribution is 2.29. The first kappa shape index (κ1) is 13.3. The van der Waals surface area contributed by atoms with Crippen molar-refractivity contribution in [1.29, 1.82) is 0 Å². The van der Waals surface area contributed by atoms with Gasteiger partial charge in [-0.1, -0.05) is 33.1 Å². The fraction of sp³-hybridized carbons (Fsp3) is 0.733. The van der Waals surface area contributed by atoms with Gasteiger partial charge in [-0.2, -0.15) is 0 Å². The highest BCUT2D eigenvalue weighted by Gasteiger charge is 2.23. The van der Waals surface area contributed by atoms with Crippen molar-refractivity contribution in [2.45, 2.75) is 65.3 Å². The third-order valence-corrected chi connectivity index (χ3v) is 4.02. The molecular formula is C15H25N3. The van der Waals surface area contributed by atoms with Crippen LogP contribution in [0.1, 0.15) is 57.5 Å². The normalized spacial score (nSPS) is 23.9. The molecule has 1 saturated carbocycles. The lowest BCUT2D eigenvalue weighted by Gasteiger charge is -2.32. The maximum absolute atomic E-state index is 4.52. The van der Waals surface area contributed by atoms with E-state index < -0.39 is 0 Å². The molecule has 1 aliphatic rings. The van der Waals surface area contributed by atoms with Gasteiger partial charge in [-0.05, 0) is 32.1 Å². The quantitative estimate of drug-likeness (QED) is 0.881. The summed E-state index contributed by atoms with van der Waals surface area (Å²) in [6.45, 7) is 6.41. The third-order valence-electron chi connectivity index (χ3n) is 4.02. The van der Waals surface area contributed by atoms with Crippen molar-refractivity contribution in [3.63, 3.8) is 0 Å². The minimum atomic E-state index is 0.600. The summed E-state index contributed by atoms with van der Waals surface area (Å²) in [5.41, 5.74) is 1.13. The Morgan fingerprint density at radius 1 is 1.22 bits per heavy atom. The average Bonchev–Trinajstić information content (AvgIpc) is 2.38. The molecule has 2 rings (SSSR count). The van der Waals surface area contributed by atoms with Crippen LogP contribution < -0.4 is 5.32 Å². The molecule has 3 nitrogen and oxygen atoms in total. The Bertz CT molecular complexity index is 389. The lowest BCUT2D eigenvalue weighted by Crippen LogP contribution is -2.32. The third kappa shape index (κ3) is 3.21. The van der Waals surface area contributed by atoms with Gasteiger partial charge in [-0.3, -0.25) is 0 Å². The lowest BCUT2D eigenvalue weighted by molar-refractivity contribution is 0.316. The minimum Gasteiger partial charge on any atom is -0.367 e. The standard InChI is InChI=1S/C15H25N3/c1-4-12-8-6-7-9-14(12)18-15-10-13(5-2)16-11(3)17-15/h10,12,14H,4-9H2,1-3H3,(H,16,17,18). The van der Waals surface area contributed by atoms with Crippen molar-refractivity contribution in [2.24, 2.45) is 5.92 Å². The van der Waals surface area contributed by atoms with Gasteiger partial charge in [0.15, 0.2) is 0 Å². The van der Waals surface area contributed by atoms with Crippen LogP contribution in [0.2, 0.25) is 0 Å². The molecule has 0 bridgehead atoms. The zero-order chi connectivity index (χ0) is 13.0. The Balaban J connectivity index is 2.09. The number of aromatic nitrogens is 2. The number of nitrogens with one attached hydrogen (secondary N) is 1. The van der Waals surface area contributed by atoms with Crippen molar-refractivity contribution < 1.29 is 0 Å². The Hall–Kier alpha value is -1.12. The average molecular weight is 247 g/mol. The molecule has 1 aromatic heterocycles. The van der Waals surface area contributed by atoms with Gasteiger partial charge in [0.1, 0.15) is 11.6 Å². The SMILES string of the molecule is CCc1cc(NC2CCCCC2CC)nc(C)n1. The Kier molecular flexibility index (Phi) is 4.56. The van der Waals surface area contributed by atoms with Gasteiger partial charge in [0, 0.05) is 17.8 Å².